The summed E-state index contributed by atoms with van der Waals surface area (Å²) in [6, 6.07) is 3.09. The number of hydrogen-bond acceptors (Lipinski definition) is 4. The van der Waals surface area contributed by atoms with Crippen LogP contribution in [0.25, 0.3) is 0 Å². The zero-order valence-corrected chi connectivity index (χ0v) is 11.0. The van der Waals surface area contributed by atoms with Crippen molar-refractivity contribution in [1.29, 1.82) is 0 Å². The van der Waals surface area contributed by atoms with Crippen LogP contribution in [0, 0.1) is 41.7 Å². The van der Waals surface area contributed by atoms with Crippen LogP contribution < -0.4 is 5.73 Å². The molecule has 15 heavy (non-hydrogen) atoms. The molecule has 1 atom stereocenters. The van der Waals surface area contributed by atoms with Gasteiger partial charge in [-0.05, 0) is 24.1 Å². The van der Waals surface area contributed by atoms with Gasteiger partial charge < -0.3 is 21.1 Å². The van der Waals surface area contributed by atoms with Gasteiger partial charge in [0, 0.05) is 41.7 Å². The summed E-state index contributed by atoms with van der Waals surface area (Å²) < 4.78 is 0. The van der Waals surface area contributed by atoms with Crippen molar-refractivity contribution < 1.29 is 61.9 Å². The van der Waals surface area contributed by atoms with Gasteiger partial charge in [0.1, 0.15) is 6.04 Å². The normalized spacial score (nSPS) is 11.5. The number of nitrogens with two attached hydrogens (primary N) is 1. The monoisotopic (exact) mass is 337 g/mol. The van der Waals surface area contributed by atoms with Crippen LogP contribution in [0.2, 0.25) is 0 Å². The number of carbonyl (C=O) groups is 1. The van der Waals surface area contributed by atoms with Crippen molar-refractivity contribution in [3.63, 3.8) is 0 Å². The fraction of sp³-hybridized carbons (Fsp3) is 0.222. The summed E-state index contributed by atoms with van der Waals surface area (Å²) in [6.07, 6.45) is 0.114. The number of aliphatic carboxylic acids is 1. The van der Waals surface area contributed by atoms with Gasteiger partial charge in [-0.3, -0.25) is 4.79 Å². The molecule has 6 heteroatoms. The Morgan fingerprint density at radius 2 is 1.93 bits per heavy atom. The van der Waals surface area contributed by atoms with Crippen molar-refractivity contribution >= 4 is 5.97 Å². The summed E-state index contributed by atoms with van der Waals surface area (Å²) in [5.74, 6) is -1.62. The first kappa shape index (κ1) is 14.6. The van der Waals surface area contributed by atoms with Crippen LogP contribution in [0.1, 0.15) is 5.56 Å². The minimum atomic E-state index is -1.10. The van der Waals surface area contributed by atoms with Crippen LogP contribution in [-0.2, 0) is 11.2 Å². The van der Waals surface area contributed by atoms with E-state index < -0.39 is 12.0 Å². The zero-order chi connectivity index (χ0) is 10.7. The second-order valence-corrected chi connectivity index (χ2v) is 2.97. The van der Waals surface area contributed by atoms with Gasteiger partial charge in [-0.25, -0.2) is 0 Å². The molecule has 5 N–H and O–H groups in total. The molecule has 0 bridgehead atoms. The molecule has 0 fully saturated rings. The maximum Gasteiger partial charge on any atom is 0.320 e. The van der Waals surface area contributed by atoms with Crippen LogP contribution >= 0.6 is 0 Å². The molecule has 0 unspecified atom stereocenters. The van der Waals surface area contributed by atoms with Crippen molar-refractivity contribution in [2.75, 3.05) is 0 Å². The van der Waals surface area contributed by atoms with Crippen molar-refractivity contribution in [3.8, 4) is 11.5 Å². The molecule has 1 aromatic carbocycles. The van der Waals surface area contributed by atoms with E-state index >= 15 is 0 Å². The van der Waals surface area contributed by atoms with E-state index in [0.29, 0.717) is 5.56 Å². The summed E-state index contributed by atoms with van der Waals surface area (Å²) in [4.78, 5) is 10.4. The summed E-state index contributed by atoms with van der Waals surface area (Å²) in [5, 5.41) is 26.6. The summed E-state index contributed by atoms with van der Waals surface area (Å²) in [6.45, 7) is 0. The fourth-order valence-electron chi connectivity index (χ4n) is 1.04. The van der Waals surface area contributed by atoms with Gasteiger partial charge in [0.2, 0.25) is 0 Å². The van der Waals surface area contributed by atoms with E-state index in [1.54, 1.807) is 0 Å². The van der Waals surface area contributed by atoms with Gasteiger partial charge >= 0.3 is 5.97 Å². The smallest absolute Gasteiger partial charge is 0.320 e. The van der Waals surface area contributed by atoms with E-state index in [4.69, 9.17) is 21.1 Å². The Bertz CT molecular complexity index is 356. The SMILES string of the molecule is N[C@@H](Cc1ccc(O)c(O)c1)C(=O)O.[Ce]. The first-order valence-electron chi connectivity index (χ1n) is 4.00. The van der Waals surface area contributed by atoms with Gasteiger partial charge in [0.25, 0.3) is 0 Å². The number of hydrogen-bond donors (Lipinski definition) is 4. The third-order valence-electron chi connectivity index (χ3n) is 1.81. The Hall–Kier alpha value is -0.373. The fourth-order valence-corrected chi connectivity index (χ4v) is 1.04. The van der Waals surface area contributed by atoms with Crippen LogP contribution in [0.15, 0.2) is 18.2 Å². The number of phenols is 2. The predicted molar refractivity (Wildman–Crippen MR) is 49.1 cm³/mol. The minimum Gasteiger partial charge on any atom is -0.504 e. The molecule has 0 amide bonds. The molecular formula is C9H11CeNO4. The number of carboxylic acid groups (broad SMARTS) is 1. The quantitative estimate of drug-likeness (QED) is 0.584. The van der Waals surface area contributed by atoms with Gasteiger partial charge in [-0.15, -0.1) is 0 Å². The minimum absolute atomic E-state index is 0. The van der Waals surface area contributed by atoms with Crippen LogP contribution in [0.4, 0.5) is 0 Å². The second kappa shape index (κ2) is 6.26. The molecule has 0 saturated heterocycles. The van der Waals surface area contributed by atoms with Crippen molar-refractivity contribution in [1.82, 2.24) is 0 Å². The molecule has 0 saturated carbocycles. The third kappa shape index (κ3) is 4.33. The topological polar surface area (TPSA) is 104 Å². The summed E-state index contributed by atoms with van der Waals surface area (Å²) in [7, 11) is 0. The van der Waals surface area contributed by atoms with E-state index in [9.17, 15) is 4.79 Å². The molecule has 0 heterocycles. The van der Waals surface area contributed by atoms with Crippen LogP contribution in [0.5, 0.6) is 11.5 Å². The standard InChI is InChI=1S/C9H11NO4.Ce/c10-6(9(13)14)3-5-1-2-7(11)8(12)4-5;/h1-2,4,6,11-12H,3,10H2,(H,13,14);/t6-;/m0./s1. The molecule has 1 aromatic rings. The zero-order valence-electron chi connectivity index (χ0n) is 7.84. The molecule has 5 nitrogen and oxygen atoms in total. The molecule has 0 aromatic heterocycles. The average molecular weight is 337 g/mol. The Morgan fingerprint density at radius 3 is 2.40 bits per heavy atom. The molecule has 80 valence electrons. The van der Waals surface area contributed by atoms with E-state index in [1.807, 2.05) is 0 Å². The number of rotatable bonds is 3. The van der Waals surface area contributed by atoms with Crippen molar-refractivity contribution in [2.24, 2.45) is 5.73 Å². The number of phenolic OH excluding ortho intramolecular Hbond substituents is 2. The molecule has 0 aliphatic carbocycles. The summed E-state index contributed by atoms with van der Waals surface area (Å²) in [5.41, 5.74) is 5.86. The van der Waals surface area contributed by atoms with E-state index in [-0.39, 0.29) is 59.7 Å². The Labute approximate surface area is 120 Å². The Balaban J connectivity index is 0.00000196. The molecule has 0 radical (unpaired) electrons. The molecule has 0 aliphatic heterocycles. The largest absolute Gasteiger partial charge is 0.504 e. The molecule has 0 spiro atoms. The molecular weight excluding hydrogens is 326 g/mol. The Morgan fingerprint density at radius 1 is 1.33 bits per heavy atom. The van der Waals surface area contributed by atoms with E-state index in [1.165, 1.54) is 18.2 Å². The number of benzene rings is 1. The van der Waals surface area contributed by atoms with Gasteiger partial charge in [0.05, 0.1) is 0 Å². The Kier molecular flexibility index (Phi) is 6.11. The maximum absolute atomic E-state index is 10.4. The molecule has 1 rings (SSSR count). The predicted octanol–water partition coefficient (Wildman–Crippen LogP) is 0.0522. The van der Waals surface area contributed by atoms with Gasteiger partial charge in [-0.2, -0.15) is 0 Å². The third-order valence-corrected chi connectivity index (χ3v) is 1.81. The van der Waals surface area contributed by atoms with Gasteiger partial charge in [-0.1, -0.05) is 6.07 Å². The van der Waals surface area contributed by atoms with Crippen molar-refractivity contribution in [3.05, 3.63) is 23.8 Å². The maximum atomic E-state index is 10.4. The first-order valence-corrected chi connectivity index (χ1v) is 4.00. The number of carboxylic acids is 1. The van der Waals surface area contributed by atoms with Crippen molar-refractivity contribution in [2.45, 2.75) is 12.5 Å². The average Bonchev–Trinajstić information content (AvgIpc) is 2.11. The first-order chi connectivity index (χ1) is 6.50. The van der Waals surface area contributed by atoms with Crippen LogP contribution in [-0.4, -0.2) is 27.3 Å². The molecule has 0 aliphatic rings. The second-order valence-electron chi connectivity index (χ2n) is 2.97. The van der Waals surface area contributed by atoms with E-state index in [2.05, 4.69) is 0 Å². The number of aromatic hydroxyl groups is 2. The van der Waals surface area contributed by atoms with E-state index in [0.717, 1.165) is 0 Å². The summed E-state index contributed by atoms with van der Waals surface area (Å²) >= 11 is 0. The van der Waals surface area contributed by atoms with Gasteiger partial charge in [0.15, 0.2) is 11.5 Å². The van der Waals surface area contributed by atoms with Crippen LogP contribution in [0.3, 0.4) is 0 Å².